The van der Waals surface area contributed by atoms with Crippen molar-refractivity contribution < 1.29 is 9.18 Å². The minimum atomic E-state index is -0.321. The molecule has 1 N–H and O–H groups in total. The SMILES string of the molecule is CN1CCc2c(sc3c2CN(C(=O)NCCc2ccccc2)[C@@H](c2ccc(F)cc2)c2cccn2-3)C1. The highest BCUT2D eigenvalue weighted by Crippen LogP contribution is 2.43. The summed E-state index contributed by atoms with van der Waals surface area (Å²) in [6.07, 6.45) is 3.84. The average molecular weight is 501 g/mol. The van der Waals surface area contributed by atoms with Crippen molar-refractivity contribution in [3.63, 3.8) is 0 Å². The van der Waals surface area contributed by atoms with Gasteiger partial charge in [-0.3, -0.25) is 0 Å². The number of nitrogens with zero attached hydrogens (tertiary/aromatic N) is 3. The van der Waals surface area contributed by atoms with Gasteiger partial charge >= 0.3 is 6.03 Å². The lowest BCUT2D eigenvalue weighted by Gasteiger charge is -2.32. The van der Waals surface area contributed by atoms with Crippen molar-refractivity contribution in [3.05, 3.63) is 112 Å². The van der Waals surface area contributed by atoms with Crippen LogP contribution in [-0.2, 0) is 25.9 Å². The van der Waals surface area contributed by atoms with Crippen LogP contribution in [0.15, 0.2) is 72.9 Å². The number of aromatic nitrogens is 1. The fourth-order valence-corrected chi connectivity index (χ4v) is 6.85. The van der Waals surface area contributed by atoms with E-state index in [1.54, 1.807) is 12.1 Å². The number of fused-ring (bicyclic) bond motifs is 5. The van der Waals surface area contributed by atoms with E-state index in [0.29, 0.717) is 13.1 Å². The summed E-state index contributed by atoms with van der Waals surface area (Å²) >= 11 is 1.83. The minimum Gasteiger partial charge on any atom is -0.338 e. The second kappa shape index (κ2) is 9.56. The minimum absolute atomic E-state index is 0.103. The molecule has 0 radical (unpaired) electrons. The molecule has 4 heterocycles. The third-order valence-electron chi connectivity index (χ3n) is 7.23. The number of benzene rings is 2. The van der Waals surface area contributed by atoms with Crippen molar-refractivity contribution in [3.8, 4) is 5.00 Å². The number of carbonyl (C=O) groups is 1. The van der Waals surface area contributed by atoms with Gasteiger partial charge in [-0.25, -0.2) is 9.18 Å². The van der Waals surface area contributed by atoms with E-state index >= 15 is 0 Å². The molecule has 0 bridgehead atoms. The van der Waals surface area contributed by atoms with E-state index in [9.17, 15) is 9.18 Å². The van der Waals surface area contributed by atoms with Gasteiger partial charge in [-0.05, 0) is 60.8 Å². The van der Waals surface area contributed by atoms with Crippen molar-refractivity contribution in [2.24, 2.45) is 0 Å². The zero-order chi connectivity index (χ0) is 24.6. The fraction of sp³-hybridized carbons (Fsp3) is 0.276. The molecule has 2 aliphatic heterocycles. The molecule has 6 rings (SSSR count). The molecule has 2 amide bonds. The number of carbonyl (C=O) groups excluding carboxylic acids is 1. The van der Waals surface area contributed by atoms with Crippen molar-refractivity contribution in [1.29, 1.82) is 0 Å². The molecule has 7 heteroatoms. The molecule has 2 aromatic carbocycles. The largest absolute Gasteiger partial charge is 0.338 e. The summed E-state index contributed by atoms with van der Waals surface area (Å²) in [4.78, 5) is 19.5. The number of rotatable bonds is 4. The average Bonchev–Trinajstić information content (AvgIpc) is 3.47. The van der Waals surface area contributed by atoms with Gasteiger partial charge in [0.15, 0.2) is 0 Å². The lowest BCUT2D eigenvalue weighted by Crippen LogP contribution is -2.42. The number of thiophene rings is 1. The molecule has 0 saturated carbocycles. The van der Waals surface area contributed by atoms with Crippen LogP contribution < -0.4 is 5.32 Å². The summed E-state index contributed by atoms with van der Waals surface area (Å²) in [5.74, 6) is -0.279. The third-order valence-corrected chi connectivity index (χ3v) is 8.49. The van der Waals surface area contributed by atoms with E-state index in [1.807, 2.05) is 40.5 Å². The Hall–Kier alpha value is -3.42. The number of likely N-dealkylation sites (N-methyl/N-ethyl adjacent to an activating group) is 1. The van der Waals surface area contributed by atoms with Gasteiger partial charge in [0.1, 0.15) is 10.8 Å². The van der Waals surface area contributed by atoms with Crippen molar-refractivity contribution >= 4 is 17.4 Å². The number of hydrogen-bond donors (Lipinski definition) is 1. The first-order valence-corrected chi connectivity index (χ1v) is 13.2. The summed E-state index contributed by atoms with van der Waals surface area (Å²) in [6, 6.07) is 20.4. The Balaban J connectivity index is 1.39. The number of hydrogen-bond acceptors (Lipinski definition) is 3. The normalized spacial score (nSPS) is 17.2. The van der Waals surface area contributed by atoms with E-state index in [1.165, 1.54) is 38.7 Å². The number of nitrogens with one attached hydrogen (secondary N) is 1. The zero-order valence-electron chi connectivity index (χ0n) is 20.3. The first-order valence-electron chi connectivity index (χ1n) is 12.4. The molecule has 1 atom stereocenters. The van der Waals surface area contributed by atoms with Crippen LogP contribution in [0.25, 0.3) is 5.00 Å². The van der Waals surface area contributed by atoms with Crippen LogP contribution >= 0.6 is 11.3 Å². The van der Waals surface area contributed by atoms with Crippen LogP contribution in [0.5, 0.6) is 0 Å². The summed E-state index contributed by atoms with van der Waals surface area (Å²) in [5.41, 5.74) is 5.73. The highest BCUT2D eigenvalue weighted by atomic mass is 32.1. The molecule has 0 saturated heterocycles. The second-order valence-corrected chi connectivity index (χ2v) is 10.7. The van der Waals surface area contributed by atoms with E-state index in [0.717, 1.165) is 37.2 Å². The van der Waals surface area contributed by atoms with Crippen LogP contribution in [0.4, 0.5) is 9.18 Å². The van der Waals surface area contributed by atoms with Gasteiger partial charge in [0.2, 0.25) is 0 Å². The van der Waals surface area contributed by atoms with E-state index in [2.05, 4.69) is 46.2 Å². The van der Waals surface area contributed by atoms with Gasteiger partial charge < -0.3 is 19.7 Å². The molecule has 0 fully saturated rings. The third kappa shape index (κ3) is 4.22. The smallest absolute Gasteiger partial charge is 0.318 e. The van der Waals surface area contributed by atoms with E-state index in [-0.39, 0.29) is 17.9 Å². The maximum absolute atomic E-state index is 13.8. The van der Waals surface area contributed by atoms with Crippen LogP contribution in [0.3, 0.4) is 0 Å². The summed E-state index contributed by atoms with van der Waals surface area (Å²) in [7, 11) is 2.16. The van der Waals surface area contributed by atoms with Gasteiger partial charge in [-0.2, -0.15) is 0 Å². The summed E-state index contributed by atoms with van der Waals surface area (Å²) in [5, 5.41) is 4.37. The molecule has 0 unspecified atom stereocenters. The highest BCUT2D eigenvalue weighted by molar-refractivity contribution is 7.15. The van der Waals surface area contributed by atoms with Crippen LogP contribution in [-0.4, -0.2) is 40.5 Å². The Bertz CT molecular complexity index is 1380. The van der Waals surface area contributed by atoms with Gasteiger partial charge in [0.25, 0.3) is 0 Å². The number of amides is 2. The Kier molecular flexibility index (Phi) is 6.11. The number of halogens is 1. The molecule has 184 valence electrons. The summed E-state index contributed by atoms with van der Waals surface area (Å²) in [6.45, 7) is 3.02. The van der Waals surface area contributed by atoms with Gasteiger partial charge in [0.05, 0.1) is 18.3 Å². The van der Waals surface area contributed by atoms with Gasteiger partial charge in [-0.15, -0.1) is 11.3 Å². The fourth-order valence-electron chi connectivity index (χ4n) is 5.41. The molecular weight excluding hydrogens is 471 g/mol. The molecular formula is C29H29FN4OS. The number of urea groups is 1. The summed E-state index contributed by atoms with van der Waals surface area (Å²) < 4.78 is 16.1. The molecule has 2 aromatic heterocycles. The van der Waals surface area contributed by atoms with Crippen molar-refractivity contribution in [1.82, 2.24) is 19.7 Å². The molecule has 5 nitrogen and oxygen atoms in total. The van der Waals surface area contributed by atoms with Crippen molar-refractivity contribution in [2.75, 3.05) is 20.1 Å². The van der Waals surface area contributed by atoms with E-state index in [4.69, 9.17) is 0 Å². The zero-order valence-corrected chi connectivity index (χ0v) is 21.1. The first-order chi connectivity index (χ1) is 17.6. The van der Waals surface area contributed by atoms with Crippen molar-refractivity contribution in [2.45, 2.75) is 32.0 Å². The predicted molar refractivity (Wildman–Crippen MR) is 141 cm³/mol. The Morgan fingerprint density at radius 3 is 2.64 bits per heavy atom. The molecule has 2 aliphatic rings. The van der Waals surface area contributed by atoms with E-state index < -0.39 is 0 Å². The van der Waals surface area contributed by atoms with Crippen LogP contribution in [0.2, 0.25) is 0 Å². The maximum Gasteiger partial charge on any atom is 0.318 e. The molecule has 4 aromatic rings. The van der Waals surface area contributed by atoms with Gasteiger partial charge in [0, 0.05) is 36.3 Å². The standard InChI is InChI=1S/C29H29FN4OS/c1-32-17-14-23-24-18-34(29(35)31-15-13-20-6-3-2-4-7-20)27(21-9-11-22(30)12-10-21)25-8-5-16-33(25)28(24)36-26(23)19-32/h2-12,16,27H,13-15,17-19H2,1H3,(H,31,35)/t27-/m0/s1. The van der Waals surface area contributed by atoms with Crippen LogP contribution in [0.1, 0.15) is 38.9 Å². The predicted octanol–water partition coefficient (Wildman–Crippen LogP) is 5.52. The van der Waals surface area contributed by atoms with Crippen LogP contribution in [0, 0.1) is 5.82 Å². The first kappa shape index (κ1) is 23.0. The maximum atomic E-state index is 13.8. The quantitative estimate of drug-likeness (QED) is 0.401. The molecule has 0 spiro atoms. The highest BCUT2D eigenvalue weighted by Gasteiger charge is 2.36. The Morgan fingerprint density at radius 2 is 1.83 bits per heavy atom. The topological polar surface area (TPSA) is 40.5 Å². The monoisotopic (exact) mass is 500 g/mol. The molecule has 0 aliphatic carbocycles. The molecule has 36 heavy (non-hydrogen) atoms. The lowest BCUT2D eigenvalue weighted by molar-refractivity contribution is 0.180. The Labute approximate surface area is 214 Å². The van der Waals surface area contributed by atoms with Gasteiger partial charge in [-0.1, -0.05) is 42.5 Å². The lowest BCUT2D eigenvalue weighted by atomic mass is 10.0. The Morgan fingerprint density at radius 1 is 1.03 bits per heavy atom. The second-order valence-electron chi connectivity index (χ2n) is 9.63.